The monoisotopic (exact) mass is 304 g/mol. The van der Waals surface area contributed by atoms with Crippen LogP contribution in [0.15, 0.2) is 22.1 Å². The first kappa shape index (κ1) is 14.3. The second-order valence-electron chi connectivity index (χ2n) is 5.51. The molecule has 21 heavy (non-hydrogen) atoms. The van der Waals surface area contributed by atoms with E-state index >= 15 is 0 Å². The van der Waals surface area contributed by atoms with E-state index in [4.69, 9.17) is 4.42 Å². The van der Waals surface area contributed by atoms with Gasteiger partial charge in [-0.1, -0.05) is 6.92 Å². The Morgan fingerprint density at radius 3 is 3.10 bits per heavy atom. The van der Waals surface area contributed by atoms with Gasteiger partial charge in [0.15, 0.2) is 0 Å². The minimum Gasteiger partial charge on any atom is -0.469 e. The van der Waals surface area contributed by atoms with Crippen LogP contribution in [-0.4, -0.2) is 28.9 Å². The lowest BCUT2D eigenvalue weighted by Gasteiger charge is -2.31. The number of piperidine rings is 1. The lowest BCUT2D eigenvalue weighted by molar-refractivity contribution is 0.0705. The van der Waals surface area contributed by atoms with Crippen molar-refractivity contribution in [2.45, 2.75) is 39.0 Å². The van der Waals surface area contributed by atoms with Crippen molar-refractivity contribution >= 4 is 17.2 Å². The van der Waals surface area contributed by atoms with Crippen LogP contribution in [0.5, 0.6) is 0 Å². The average Bonchev–Trinajstić information content (AvgIpc) is 3.15. The Bertz CT molecular complexity index is 632. The standard InChI is InChI=1S/C16H20N2O2S/c1-3-13-10-21-15(17-13)12-5-4-7-18(9-12)16(19)14-6-8-20-11(14)2/h6,8,10,12H,3-5,7,9H2,1-2H3. The van der Waals surface area contributed by atoms with E-state index in [1.165, 1.54) is 5.01 Å². The van der Waals surface area contributed by atoms with E-state index in [2.05, 4.69) is 17.3 Å². The molecule has 3 heterocycles. The Balaban J connectivity index is 1.74. The van der Waals surface area contributed by atoms with Crippen molar-refractivity contribution in [3.05, 3.63) is 39.7 Å². The van der Waals surface area contributed by atoms with Crippen LogP contribution >= 0.6 is 11.3 Å². The SMILES string of the molecule is CCc1csc(C2CCCN(C(=O)c3ccoc3C)C2)n1. The summed E-state index contributed by atoms with van der Waals surface area (Å²) in [5.41, 5.74) is 1.84. The first-order valence-electron chi connectivity index (χ1n) is 7.46. The van der Waals surface area contributed by atoms with Crippen LogP contribution in [0.3, 0.4) is 0 Å². The number of likely N-dealkylation sites (tertiary alicyclic amines) is 1. The first-order chi connectivity index (χ1) is 10.2. The maximum atomic E-state index is 12.6. The van der Waals surface area contributed by atoms with Gasteiger partial charge in [-0.2, -0.15) is 0 Å². The molecular weight excluding hydrogens is 284 g/mol. The quantitative estimate of drug-likeness (QED) is 0.870. The zero-order valence-electron chi connectivity index (χ0n) is 12.5. The number of hydrogen-bond acceptors (Lipinski definition) is 4. The van der Waals surface area contributed by atoms with E-state index in [1.807, 2.05) is 11.8 Å². The smallest absolute Gasteiger partial charge is 0.257 e. The molecule has 112 valence electrons. The average molecular weight is 304 g/mol. The van der Waals surface area contributed by atoms with Gasteiger partial charge in [0.25, 0.3) is 5.91 Å². The molecule has 1 aliphatic rings. The third-order valence-electron chi connectivity index (χ3n) is 4.08. The summed E-state index contributed by atoms with van der Waals surface area (Å²) in [7, 11) is 0. The molecule has 2 aromatic rings. The topological polar surface area (TPSA) is 46.3 Å². The molecule has 1 unspecified atom stereocenters. The summed E-state index contributed by atoms with van der Waals surface area (Å²) in [4.78, 5) is 19.2. The van der Waals surface area contributed by atoms with E-state index in [1.54, 1.807) is 23.7 Å². The molecule has 1 aliphatic heterocycles. The van der Waals surface area contributed by atoms with Crippen LogP contribution in [0.1, 0.15) is 52.5 Å². The van der Waals surface area contributed by atoms with Gasteiger partial charge in [0.2, 0.25) is 0 Å². The number of amides is 1. The predicted molar refractivity (Wildman–Crippen MR) is 82.8 cm³/mol. The van der Waals surface area contributed by atoms with Gasteiger partial charge < -0.3 is 9.32 Å². The summed E-state index contributed by atoms with van der Waals surface area (Å²) >= 11 is 1.73. The predicted octanol–water partition coefficient (Wildman–Crippen LogP) is 3.63. The molecule has 0 spiro atoms. The van der Waals surface area contributed by atoms with Gasteiger partial charge in [-0.3, -0.25) is 4.79 Å². The minimum absolute atomic E-state index is 0.0817. The Morgan fingerprint density at radius 2 is 2.43 bits per heavy atom. The van der Waals surface area contributed by atoms with Crippen molar-refractivity contribution in [2.75, 3.05) is 13.1 Å². The van der Waals surface area contributed by atoms with Crippen molar-refractivity contribution in [3.8, 4) is 0 Å². The van der Waals surface area contributed by atoms with Crippen molar-refractivity contribution in [2.24, 2.45) is 0 Å². The Morgan fingerprint density at radius 1 is 1.57 bits per heavy atom. The Hall–Kier alpha value is -1.62. The van der Waals surface area contributed by atoms with E-state index < -0.39 is 0 Å². The molecule has 1 fully saturated rings. The van der Waals surface area contributed by atoms with E-state index in [0.29, 0.717) is 17.2 Å². The number of hydrogen-bond donors (Lipinski definition) is 0. The lowest BCUT2D eigenvalue weighted by atomic mass is 9.98. The van der Waals surface area contributed by atoms with Gasteiger partial charge in [-0.15, -0.1) is 11.3 Å². The molecule has 1 amide bonds. The fourth-order valence-corrected chi connectivity index (χ4v) is 3.84. The lowest BCUT2D eigenvalue weighted by Crippen LogP contribution is -2.39. The molecule has 0 saturated carbocycles. The van der Waals surface area contributed by atoms with Crippen LogP contribution in [0.4, 0.5) is 0 Å². The molecule has 0 aromatic carbocycles. The molecule has 0 N–H and O–H groups in total. The summed E-state index contributed by atoms with van der Waals surface area (Å²) < 4.78 is 5.25. The van der Waals surface area contributed by atoms with Gasteiger partial charge in [0.05, 0.1) is 22.5 Å². The maximum Gasteiger partial charge on any atom is 0.257 e. The molecule has 0 bridgehead atoms. The normalized spacial score (nSPS) is 19.0. The van der Waals surface area contributed by atoms with E-state index in [9.17, 15) is 4.79 Å². The zero-order chi connectivity index (χ0) is 14.8. The summed E-state index contributed by atoms with van der Waals surface area (Å²) in [5, 5.41) is 3.31. The summed E-state index contributed by atoms with van der Waals surface area (Å²) in [6, 6.07) is 1.76. The molecular formula is C16H20N2O2S. The van der Waals surface area contributed by atoms with Gasteiger partial charge >= 0.3 is 0 Å². The highest BCUT2D eigenvalue weighted by Gasteiger charge is 2.28. The maximum absolute atomic E-state index is 12.6. The summed E-state index contributed by atoms with van der Waals surface area (Å²) in [6.45, 7) is 5.55. The number of aryl methyl sites for hydroxylation is 2. The largest absolute Gasteiger partial charge is 0.469 e. The molecule has 3 rings (SSSR count). The van der Waals surface area contributed by atoms with Crippen LogP contribution < -0.4 is 0 Å². The first-order valence-corrected chi connectivity index (χ1v) is 8.34. The highest BCUT2D eigenvalue weighted by molar-refractivity contribution is 7.09. The second kappa shape index (κ2) is 6.02. The molecule has 2 aromatic heterocycles. The fraction of sp³-hybridized carbons (Fsp3) is 0.500. The van der Waals surface area contributed by atoms with E-state index in [-0.39, 0.29) is 5.91 Å². The third-order valence-corrected chi connectivity index (χ3v) is 5.13. The van der Waals surface area contributed by atoms with Crippen LogP contribution in [-0.2, 0) is 6.42 Å². The van der Waals surface area contributed by atoms with Gasteiger partial charge in [0.1, 0.15) is 5.76 Å². The summed E-state index contributed by atoms with van der Waals surface area (Å²) in [5.74, 6) is 1.16. The molecule has 4 nitrogen and oxygen atoms in total. The number of aromatic nitrogens is 1. The Labute approximate surface area is 128 Å². The van der Waals surface area contributed by atoms with Gasteiger partial charge in [-0.25, -0.2) is 4.98 Å². The second-order valence-corrected chi connectivity index (χ2v) is 6.40. The highest BCUT2D eigenvalue weighted by atomic mass is 32.1. The molecule has 1 atom stereocenters. The Kier molecular flexibility index (Phi) is 4.10. The van der Waals surface area contributed by atoms with Crippen molar-refractivity contribution in [1.82, 2.24) is 9.88 Å². The van der Waals surface area contributed by atoms with Crippen LogP contribution in [0.25, 0.3) is 0 Å². The van der Waals surface area contributed by atoms with Crippen molar-refractivity contribution in [1.29, 1.82) is 0 Å². The highest BCUT2D eigenvalue weighted by Crippen LogP contribution is 2.30. The number of thiazole rings is 1. The van der Waals surface area contributed by atoms with Crippen LogP contribution in [0, 0.1) is 6.92 Å². The third kappa shape index (κ3) is 2.88. The van der Waals surface area contributed by atoms with Crippen LogP contribution in [0.2, 0.25) is 0 Å². The van der Waals surface area contributed by atoms with E-state index in [0.717, 1.165) is 38.0 Å². The number of nitrogens with zero attached hydrogens (tertiary/aromatic N) is 2. The van der Waals surface area contributed by atoms with Crippen molar-refractivity contribution < 1.29 is 9.21 Å². The number of furan rings is 1. The molecule has 1 saturated heterocycles. The number of carbonyl (C=O) groups is 1. The zero-order valence-corrected chi connectivity index (χ0v) is 13.3. The number of carbonyl (C=O) groups excluding carboxylic acids is 1. The number of rotatable bonds is 3. The van der Waals surface area contributed by atoms with Gasteiger partial charge in [-0.05, 0) is 32.3 Å². The molecule has 0 aliphatic carbocycles. The summed E-state index contributed by atoms with van der Waals surface area (Å²) in [6.07, 6.45) is 4.71. The fourth-order valence-electron chi connectivity index (χ4n) is 2.81. The van der Waals surface area contributed by atoms with Crippen molar-refractivity contribution in [3.63, 3.8) is 0 Å². The molecule has 0 radical (unpaired) electrons. The van der Waals surface area contributed by atoms with Gasteiger partial charge in [0, 0.05) is 24.4 Å². The molecule has 5 heteroatoms. The minimum atomic E-state index is 0.0817.